The molecule has 1 amide bonds. The molecule has 1 heterocycles. The van der Waals surface area contributed by atoms with E-state index in [4.69, 9.17) is 23.2 Å². The number of benzene rings is 1. The van der Waals surface area contributed by atoms with E-state index in [-0.39, 0.29) is 16.4 Å². The highest BCUT2D eigenvalue weighted by Crippen LogP contribution is 2.32. The first-order valence-corrected chi connectivity index (χ1v) is 6.32. The third-order valence-corrected chi connectivity index (χ3v) is 3.05. The Morgan fingerprint density at radius 1 is 1.14 bits per heavy atom. The van der Waals surface area contributed by atoms with Gasteiger partial charge in [-0.05, 0) is 30.3 Å². The molecule has 0 aliphatic rings. The van der Waals surface area contributed by atoms with Crippen molar-refractivity contribution in [3.63, 3.8) is 0 Å². The van der Waals surface area contributed by atoms with E-state index < -0.39 is 17.6 Å². The summed E-state index contributed by atoms with van der Waals surface area (Å²) in [5.74, 6) is -0.703. The van der Waals surface area contributed by atoms with Gasteiger partial charge in [0, 0.05) is 16.8 Å². The molecule has 1 N–H and O–H groups in total. The Kier molecular flexibility index (Phi) is 4.39. The average Bonchev–Trinajstić information content (AvgIpc) is 2.40. The maximum absolute atomic E-state index is 12.5. The summed E-state index contributed by atoms with van der Waals surface area (Å²) >= 11 is 11.4. The molecule has 8 heteroatoms. The number of carbonyl (C=O) groups is 1. The monoisotopic (exact) mass is 334 g/mol. The lowest BCUT2D eigenvalue weighted by atomic mass is 10.2. The number of hydrogen-bond donors (Lipinski definition) is 1. The summed E-state index contributed by atoms with van der Waals surface area (Å²) in [6, 6.07) is 6.66. The van der Waals surface area contributed by atoms with Gasteiger partial charge in [0.2, 0.25) is 0 Å². The molecule has 0 aliphatic heterocycles. The fourth-order valence-corrected chi connectivity index (χ4v) is 1.81. The maximum Gasteiger partial charge on any atom is 0.417 e. The number of anilines is 1. The van der Waals surface area contributed by atoms with E-state index in [0.29, 0.717) is 17.3 Å². The number of rotatable bonds is 2. The second-order valence-corrected chi connectivity index (χ2v) is 4.86. The molecule has 2 aromatic rings. The van der Waals surface area contributed by atoms with Crippen LogP contribution in [0.3, 0.4) is 0 Å². The van der Waals surface area contributed by atoms with Crippen LogP contribution in [-0.4, -0.2) is 10.9 Å². The third-order valence-electron chi connectivity index (χ3n) is 2.51. The molecule has 0 radical (unpaired) electrons. The van der Waals surface area contributed by atoms with Gasteiger partial charge in [-0.2, -0.15) is 13.2 Å². The average molecular weight is 335 g/mol. The third kappa shape index (κ3) is 3.86. The van der Waals surface area contributed by atoms with Crippen LogP contribution in [0.1, 0.15) is 15.9 Å². The van der Waals surface area contributed by atoms with E-state index in [0.717, 1.165) is 0 Å². The lowest BCUT2D eigenvalue weighted by molar-refractivity contribution is -0.137. The van der Waals surface area contributed by atoms with Gasteiger partial charge in [-0.25, -0.2) is 4.98 Å². The number of amides is 1. The van der Waals surface area contributed by atoms with Crippen LogP contribution in [0.25, 0.3) is 0 Å². The summed E-state index contributed by atoms with van der Waals surface area (Å²) in [6.07, 6.45) is -3.95. The molecular formula is C13H7Cl2F3N2O. The second-order valence-electron chi connectivity index (χ2n) is 4.01. The summed E-state index contributed by atoms with van der Waals surface area (Å²) in [5.41, 5.74) is -0.714. The largest absolute Gasteiger partial charge is 0.417 e. The zero-order chi connectivity index (χ0) is 15.6. The van der Waals surface area contributed by atoms with Crippen LogP contribution in [0.5, 0.6) is 0 Å². The quantitative estimate of drug-likeness (QED) is 0.867. The van der Waals surface area contributed by atoms with Gasteiger partial charge >= 0.3 is 6.18 Å². The molecule has 0 unspecified atom stereocenters. The SMILES string of the molecule is O=C(Nc1ncc(C(F)(F)F)cc1Cl)c1ccc(Cl)cc1. The van der Waals surface area contributed by atoms with E-state index in [1.54, 1.807) is 0 Å². The normalized spacial score (nSPS) is 11.3. The number of nitrogens with one attached hydrogen (secondary N) is 1. The number of nitrogens with zero attached hydrogens (tertiary/aromatic N) is 1. The molecule has 0 spiro atoms. The Hall–Kier alpha value is -1.79. The molecule has 0 bridgehead atoms. The number of aromatic nitrogens is 1. The zero-order valence-electron chi connectivity index (χ0n) is 10.2. The molecule has 1 aromatic heterocycles. The van der Waals surface area contributed by atoms with Crippen molar-refractivity contribution in [3.8, 4) is 0 Å². The van der Waals surface area contributed by atoms with Crippen molar-refractivity contribution in [1.82, 2.24) is 4.98 Å². The Morgan fingerprint density at radius 3 is 2.29 bits per heavy atom. The topological polar surface area (TPSA) is 42.0 Å². The van der Waals surface area contributed by atoms with Gasteiger partial charge in [-0.3, -0.25) is 4.79 Å². The smallest absolute Gasteiger partial charge is 0.305 e. The van der Waals surface area contributed by atoms with E-state index in [1.807, 2.05) is 0 Å². The number of carbonyl (C=O) groups excluding carboxylic acids is 1. The summed E-state index contributed by atoms with van der Waals surface area (Å²) in [5, 5.41) is 2.49. The first-order valence-electron chi connectivity index (χ1n) is 5.57. The van der Waals surface area contributed by atoms with Gasteiger partial charge in [0.15, 0.2) is 5.82 Å². The van der Waals surface area contributed by atoms with E-state index in [9.17, 15) is 18.0 Å². The predicted octanol–water partition coefficient (Wildman–Crippen LogP) is 4.66. The van der Waals surface area contributed by atoms with Crippen LogP contribution in [0, 0.1) is 0 Å². The van der Waals surface area contributed by atoms with Crippen molar-refractivity contribution in [2.45, 2.75) is 6.18 Å². The van der Waals surface area contributed by atoms with Crippen molar-refractivity contribution < 1.29 is 18.0 Å². The molecule has 1 aromatic carbocycles. The van der Waals surface area contributed by atoms with Crippen molar-refractivity contribution in [2.75, 3.05) is 5.32 Å². The van der Waals surface area contributed by atoms with E-state index in [2.05, 4.69) is 10.3 Å². The molecule has 110 valence electrons. The molecule has 0 saturated carbocycles. The minimum Gasteiger partial charge on any atom is -0.305 e. The van der Waals surface area contributed by atoms with Gasteiger partial charge in [0.05, 0.1) is 10.6 Å². The highest BCUT2D eigenvalue weighted by molar-refractivity contribution is 6.33. The van der Waals surface area contributed by atoms with Gasteiger partial charge in [-0.1, -0.05) is 23.2 Å². The number of pyridine rings is 1. The zero-order valence-corrected chi connectivity index (χ0v) is 11.7. The fourth-order valence-electron chi connectivity index (χ4n) is 1.47. The second kappa shape index (κ2) is 5.91. The van der Waals surface area contributed by atoms with Crippen molar-refractivity contribution >= 4 is 34.9 Å². The van der Waals surface area contributed by atoms with Gasteiger partial charge in [0.25, 0.3) is 5.91 Å². The Balaban J connectivity index is 2.20. The molecule has 2 rings (SSSR count). The lowest BCUT2D eigenvalue weighted by Crippen LogP contribution is -2.14. The molecule has 21 heavy (non-hydrogen) atoms. The highest BCUT2D eigenvalue weighted by Gasteiger charge is 2.31. The van der Waals surface area contributed by atoms with Crippen LogP contribution < -0.4 is 5.32 Å². The van der Waals surface area contributed by atoms with Crippen LogP contribution >= 0.6 is 23.2 Å². The Labute approximate surface area is 127 Å². The minimum atomic E-state index is -4.55. The van der Waals surface area contributed by atoms with Crippen LogP contribution in [0.15, 0.2) is 36.5 Å². The number of halogens is 5. The number of alkyl halides is 3. The fraction of sp³-hybridized carbons (Fsp3) is 0.0769. The predicted molar refractivity (Wildman–Crippen MR) is 73.7 cm³/mol. The molecule has 0 atom stereocenters. The number of hydrogen-bond acceptors (Lipinski definition) is 2. The van der Waals surface area contributed by atoms with Gasteiger partial charge in [-0.15, -0.1) is 0 Å². The van der Waals surface area contributed by atoms with Crippen LogP contribution in [0.4, 0.5) is 19.0 Å². The summed E-state index contributed by atoms with van der Waals surface area (Å²) < 4.78 is 37.4. The first-order chi connectivity index (χ1) is 9.77. The molecule has 0 aliphatic carbocycles. The van der Waals surface area contributed by atoms with E-state index >= 15 is 0 Å². The molecule has 3 nitrogen and oxygen atoms in total. The van der Waals surface area contributed by atoms with E-state index in [1.165, 1.54) is 24.3 Å². The minimum absolute atomic E-state index is 0.149. The summed E-state index contributed by atoms with van der Waals surface area (Å²) in [4.78, 5) is 15.4. The highest BCUT2D eigenvalue weighted by atomic mass is 35.5. The van der Waals surface area contributed by atoms with Crippen LogP contribution in [-0.2, 0) is 6.18 Å². The van der Waals surface area contributed by atoms with Gasteiger partial charge in [0.1, 0.15) is 0 Å². The Morgan fingerprint density at radius 2 is 1.76 bits per heavy atom. The standard InChI is InChI=1S/C13H7Cl2F3N2O/c14-9-3-1-7(2-4-9)12(21)20-11-10(15)5-8(6-19-11)13(16,17)18/h1-6H,(H,19,20,21). The molecular weight excluding hydrogens is 328 g/mol. The molecule has 0 saturated heterocycles. The van der Waals surface area contributed by atoms with Crippen molar-refractivity contribution in [2.24, 2.45) is 0 Å². The summed E-state index contributed by atoms with van der Waals surface area (Å²) in [7, 11) is 0. The Bertz CT molecular complexity index is 672. The van der Waals surface area contributed by atoms with Gasteiger partial charge < -0.3 is 5.32 Å². The first kappa shape index (κ1) is 15.6. The molecule has 0 fully saturated rings. The van der Waals surface area contributed by atoms with Crippen LogP contribution in [0.2, 0.25) is 10.0 Å². The lowest BCUT2D eigenvalue weighted by Gasteiger charge is -2.10. The van der Waals surface area contributed by atoms with Crippen molar-refractivity contribution in [3.05, 3.63) is 57.7 Å². The summed E-state index contributed by atoms with van der Waals surface area (Å²) in [6.45, 7) is 0. The maximum atomic E-state index is 12.5. The van der Waals surface area contributed by atoms with Crippen molar-refractivity contribution in [1.29, 1.82) is 0 Å².